The lowest BCUT2D eigenvalue weighted by Gasteiger charge is -2.44. The second kappa shape index (κ2) is 10.8. The number of rotatable bonds is 5. The molecule has 3 aromatic carbocycles. The summed E-state index contributed by atoms with van der Waals surface area (Å²) >= 11 is 0. The molecule has 5 rings (SSSR count). The number of ketones is 1. The monoisotopic (exact) mass is 544 g/mol. The molecule has 0 amide bonds. The highest BCUT2D eigenvalue weighted by Gasteiger charge is 2.51. The number of nitrogens with zero attached hydrogens (tertiary/aromatic N) is 1. The van der Waals surface area contributed by atoms with Crippen LogP contribution in [0.1, 0.15) is 29.4 Å². The van der Waals surface area contributed by atoms with Crippen LogP contribution >= 0.6 is 0 Å². The Labute approximate surface area is 229 Å². The lowest BCUT2D eigenvalue weighted by Crippen LogP contribution is -2.46. The van der Waals surface area contributed by atoms with E-state index in [-0.39, 0.29) is 29.0 Å². The highest BCUT2D eigenvalue weighted by atomic mass is 19.1. The lowest BCUT2D eigenvalue weighted by molar-refractivity contribution is -0.150. The Balaban J connectivity index is 1.84. The number of nitrogens with two attached hydrogens (primary N) is 1. The van der Waals surface area contributed by atoms with E-state index in [1.165, 1.54) is 54.5 Å². The molecule has 0 saturated carbocycles. The van der Waals surface area contributed by atoms with Crippen molar-refractivity contribution in [1.29, 1.82) is 0 Å². The summed E-state index contributed by atoms with van der Waals surface area (Å²) in [7, 11) is 2.35. The van der Waals surface area contributed by atoms with Gasteiger partial charge in [-0.1, -0.05) is 48.5 Å². The number of halogens is 2. The number of esters is 2. The molecule has 0 aromatic heterocycles. The number of anilines is 1. The fourth-order valence-corrected chi connectivity index (χ4v) is 5.65. The van der Waals surface area contributed by atoms with Gasteiger partial charge in [0.25, 0.3) is 0 Å². The van der Waals surface area contributed by atoms with Crippen molar-refractivity contribution in [1.82, 2.24) is 0 Å². The maximum Gasteiger partial charge on any atom is 0.338 e. The summed E-state index contributed by atoms with van der Waals surface area (Å²) in [5.74, 6) is -6.72. The molecule has 2 N–H and O–H groups in total. The van der Waals surface area contributed by atoms with Gasteiger partial charge in [0.05, 0.1) is 25.7 Å². The van der Waals surface area contributed by atoms with E-state index < -0.39 is 47.1 Å². The van der Waals surface area contributed by atoms with Crippen molar-refractivity contribution in [2.75, 3.05) is 19.1 Å². The Bertz CT molecular complexity index is 1550. The van der Waals surface area contributed by atoms with Crippen molar-refractivity contribution in [3.8, 4) is 0 Å². The van der Waals surface area contributed by atoms with Crippen LogP contribution < -0.4 is 10.6 Å². The first kappa shape index (κ1) is 26.8. The van der Waals surface area contributed by atoms with Gasteiger partial charge in [-0.3, -0.25) is 14.5 Å². The molecular weight excluding hydrogens is 518 g/mol. The Morgan fingerprint density at radius 3 is 2.17 bits per heavy atom. The first-order chi connectivity index (χ1) is 19.3. The van der Waals surface area contributed by atoms with Crippen molar-refractivity contribution in [2.24, 2.45) is 11.7 Å². The van der Waals surface area contributed by atoms with Crippen molar-refractivity contribution in [2.45, 2.75) is 18.3 Å². The average molecular weight is 545 g/mol. The van der Waals surface area contributed by atoms with Gasteiger partial charge in [0, 0.05) is 28.4 Å². The van der Waals surface area contributed by atoms with Gasteiger partial charge in [-0.15, -0.1) is 0 Å². The van der Waals surface area contributed by atoms with Gasteiger partial charge in [-0.05, 0) is 42.3 Å². The van der Waals surface area contributed by atoms with Gasteiger partial charge < -0.3 is 15.2 Å². The molecule has 1 heterocycles. The highest BCUT2D eigenvalue weighted by molar-refractivity contribution is 6.14. The zero-order valence-corrected chi connectivity index (χ0v) is 21.8. The summed E-state index contributed by atoms with van der Waals surface area (Å²) in [4.78, 5) is 42.3. The molecular formula is C31H26F2N2O5. The fourth-order valence-electron chi connectivity index (χ4n) is 5.65. The van der Waals surface area contributed by atoms with Crippen LogP contribution in [0.4, 0.5) is 14.5 Å². The number of ether oxygens (including phenoxy) is 2. The normalized spacial score (nSPS) is 20.8. The average Bonchev–Trinajstić information content (AvgIpc) is 2.97. The van der Waals surface area contributed by atoms with E-state index in [9.17, 15) is 18.8 Å². The highest BCUT2D eigenvalue weighted by Crippen LogP contribution is 2.51. The third-order valence-corrected chi connectivity index (χ3v) is 7.43. The maximum atomic E-state index is 15.4. The van der Waals surface area contributed by atoms with Crippen LogP contribution in [-0.4, -0.2) is 31.9 Å². The Kier molecular flexibility index (Phi) is 7.21. The lowest BCUT2D eigenvalue weighted by atomic mass is 9.67. The number of Topliss-reactive ketones (excluding diaryl/α,β-unsaturated/α-hetero) is 1. The minimum atomic E-state index is -1.27. The van der Waals surface area contributed by atoms with E-state index in [0.29, 0.717) is 16.9 Å². The van der Waals surface area contributed by atoms with Gasteiger partial charge in [0.2, 0.25) is 0 Å². The molecule has 0 fully saturated rings. The molecule has 2 aliphatic rings. The Morgan fingerprint density at radius 2 is 1.55 bits per heavy atom. The second-order valence-electron chi connectivity index (χ2n) is 9.50. The van der Waals surface area contributed by atoms with Crippen LogP contribution in [-0.2, 0) is 23.9 Å². The van der Waals surface area contributed by atoms with Crippen LogP contribution in [0.15, 0.2) is 102 Å². The van der Waals surface area contributed by atoms with Crippen LogP contribution in [0.3, 0.4) is 0 Å². The number of hydrogen-bond donors (Lipinski definition) is 1. The fraction of sp³-hybridized carbons (Fsp3) is 0.194. The SMILES string of the molecule is COC(=O)C1=C(N)N(c2ccc(F)cc2)C2=C(C(=O)[C@@H](C(=O)OC)[C@@H](c3ccccc3)C2)[C@@H]1c1ccccc1F. The number of carbonyl (C=O) groups excluding carboxylic acids is 3. The Hall–Kier alpha value is -4.79. The summed E-state index contributed by atoms with van der Waals surface area (Å²) in [6, 6.07) is 20.1. The number of benzene rings is 3. The van der Waals surface area contributed by atoms with Crippen LogP contribution in [0.25, 0.3) is 0 Å². The first-order valence-corrected chi connectivity index (χ1v) is 12.6. The van der Waals surface area contributed by atoms with Gasteiger partial charge in [-0.25, -0.2) is 13.6 Å². The van der Waals surface area contributed by atoms with Crippen molar-refractivity contribution < 1.29 is 32.6 Å². The van der Waals surface area contributed by atoms with Gasteiger partial charge >= 0.3 is 11.9 Å². The standard InChI is InChI=1S/C31H26F2N2O5/c1-39-30(37)25-21(17-8-4-3-5-9-17)16-23-26(28(25)36)24(20-10-6-7-11-22(20)33)27(31(38)40-2)29(34)35(23)19-14-12-18(32)13-15-19/h3-15,21,24-25H,16,34H2,1-2H3/t21-,24+,25+/m1/s1. The van der Waals surface area contributed by atoms with Crippen LogP contribution in [0.5, 0.6) is 0 Å². The van der Waals surface area contributed by atoms with Crippen molar-refractivity contribution in [3.05, 3.63) is 124 Å². The molecule has 0 spiro atoms. The summed E-state index contributed by atoms with van der Waals surface area (Å²) < 4.78 is 39.4. The summed E-state index contributed by atoms with van der Waals surface area (Å²) in [6.07, 6.45) is 0.113. The molecule has 0 radical (unpaired) electrons. The maximum absolute atomic E-state index is 15.4. The summed E-state index contributed by atoms with van der Waals surface area (Å²) in [6.45, 7) is 0. The minimum absolute atomic E-state index is 0.0200. The molecule has 0 unspecified atom stereocenters. The zero-order valence-electron chi connectivity index (χ0n) is 21.8. The smallest absolute Gasteiger partial charge is 0.338 e. The summed E-state index contributed by atoms with van der Waals surface area (Å²) in [5.41, 5.74) is 7.97. The summed E-state index contributed by atoms with van der Waals surface area (Å²) in [5, 5.41) is 0. The van der Waals surface area contributed by atoms with E-state index in [4.69, 9.17) is 15.2 Å². The predicted octanol–water partition coefficient (Wildman–Crippen LogP) is 4.71. The molecule has 3 atom stereocenters. The molecule has 0 saturated heterocycles. The number of carbonyl (C=O) groups is 3. The predicted molar refractivity (Wildman–Crippen MR) is 143 cm³/mol. The molecule has 40 heavy (non-hydrogen) atoms. The Morgan fingerprint density at radius 1 is 0.900 bits per heavy atom. The van der Waals surface area contributed by atoms with E-state index in [0.717, 1.165) is 7.11 Å². The number of hydrogen-bond acceptors (Lipinski definition) is 7. The molecule has 9 heteroatoms. The topological polar surface area (TPSA) is 98.9 Å². The number of methoxy groups -OCH3 is 2. The van der Waals surface area contributed by atoms with E-state index in [1.807, 2.05) is 6.07 Å². The molecule has 3 aromatic rings. The van der Waals surface area contributed by atoms with E-state index >= 15 is 4.39 Å². The molecule has 0 bridgehead atoms. The van der Waals surface area contributed by atoms with Crippen LogP contribution in [0.2, 0.25) is 0 Å². The van der Waals surface area contributed by atoms with Crippen molar-refractivity contribution >= 4 is 23.4 Å². The largest absolute Gasteiger partial charge is 0.468 e. The molecule has 204 valence electrons. The molecule has 7 nitrogen and oxygen atoms in total. The van der Waals surface area contributed by atoms with Gasteiger partial charge in [-0.2, -0.15) is 0 Å². The zero-order chi connectivity index (χ0) is 28.6. The van der Waals surface area contributed by atoms with Gasteiger partial charge in [0.1, 0.15) is 23.4 Å². The first-order valence-electron chi connectivity index (χ1n) is 12.6. The minimum Gasteiger partial charge on any atom is -0.468 e. The van der Waals surface area contributed by atoms with Gasteiger partial charge in [0.15, 0.2) is 5.78 Å². The van der Waals surface area contributed by atoms with E-state index in [1.54, 1.807) is 30.3 Å². The van der Waals surface area contributed by atoms with Crippen LogP contribution in [0, 0.1) is 17.6 Å². The molecule has 1 aliphatic heterocycles. The third-order valence-electron chi connectivity index (χ3n) is 7.43. The third kappa shape index (κ3) is 4.43. The second-order valence-corrected chi connectivity index (χ2v) is 9.50. The number of allylic oxidation sites excluding steroid dienone is 2. The van der Waals surface area contributed by atoms with Crippen molar-refractivity contribution in [3.63, 3.8) is 0 Å². The van der Waals surface area contributed by atoms with E-state index in [2.05, 4.69) is 0 Å². The molecule has 1 aliphatic carbocycles. The quantitative estimate of drug-likeness (QED) is 0.367.